The molecule has 0 amide bonds. The molecule has 3 rings (SSSR count). The van der Waals surface area contributed by atoms with Gasteiger partial charge in [-0.05, 0) is 37.6 Å². The van der Waals surface area contributed by atoms with E-state index in [2.05, 4.69) is 5.32 Å². The third-order valence-electron chi connectivity index (χ3n) is 3.62. The molecule has 2 aliphatic heterocycles. The smallest absolute Gasteiger partial charge is 0.273 e. The summed E-state index contributed by atoms with van der Waals surface area (Å²) in [7, 11) is 0. The lowest BCUT2D eigenvalue weighted by atomic mass is 9.88. The van der Waals surface area contributed by atoms with Gasteiger partial charge in [-0.1, -0.05) is 0 Å². The van der Waals surface area contributed by atoms with E-state index in [-0.39, 0.29) is 16.2 Å². The average Bonchev–Trinajstić information content (AvgIpc) is 2.66. The van der Waals surface area contributed by atoms with Crippen molar-refractivity contribution in [1.82, 2.24) is 5.32 Å². The number of fused-ring (bicyclic) bond motifs is 1. The molecule has 2 heterocycles. The summed E-state index contributed by atoms with van der Waals surface area (Å²) in [6.07, 6.45) is 2.81. The van der Waals surface area contributed by atoms with Gasteiger partial charge < -0.3 is 10.1 Å². The highest BCUT2D eigenvalue weighted by Gasteiger charge is 2.40. The third kappa shape index (κ3) is 1.76. The Balaban J connectivity index is 1.89. The first-order valence-corrected chi connectivity index (χ1v) is 5.86. The van der Waals surface area contributed by atoms with E-state index in [4.69, 9.17) is 4.74 Å². The summed E-state index contributed by atoms with van der Waals surface area (Å²) in [6.45, 7) is 1.91. The number of rotatable bonds is 1. The number of nitro groups is 1. The Labute approximate surface area is 98.9 Å². The molecule has 1 N–H and O–H groups in total. The van der Waals surface area contributed by atoms with Crippen molar-refractivity contribution in [3.63, 3.8) is 0 Å². The number of hydrogen-bond acceptors (Lipinski definition) is 4. The van der Waals surface area contributed by atoms with Crippen molar-refractivity contribution < 1.29 is 9.66 Å². The van der Waals surface area contributed by atoms with Gasteiger partial charge in [0.1, 0.15) is 11.4 Å². The second-order valence-corrected chi connectivity index (χ2v) is 4.76. The summed E-state index contributed by atoms with van der Waals surface area (Å²) in [4.78, 5) is 10.3. The molecule has 0 bridgehead atoms. The zero-order valence-corrected chi connectivity index (χ0v) is 9.44. The normalized spacial score (nSPS) is 20.9. The fraction of sp³-hybridized carbons (Fsp3) is 0.500. The second kappa shape index (κ2) is 3.70. The summed E-state index contributed by atoms with van der Waals surface area (Å²) >= 11 is 0. The van der Waals surface area contributed by atoms with Crippen LogP contribution in [0.1, 0.15) is 18.4 Å². The predicted molar refractivity (Wildman–Crippen MR) is 62.3 cm³/mol. The minimum absolute atomic E-state index is 0.106. The van der Waals surface area contributed by atoms with E-state index < -0.39 is 0 Å². The molecule has 0 aromatic heterocycles. The van der Waals surface area contributed by atoms with Crippen LogP contribution in [0.3, 0.4) is 0 Å². The summed E-state index contributed by atoms with van der Waals surface area (Å²) in [5.74, 6) is 0.695. The monoisotopic (exact) mass is 234 g/mol. The van der Waals surface area contributed by atoms with Gasteiger partial charge in [0.15, 0.2) is 0 Å². The number of benzene rings is 1. The molecule has 1 aromatic carbocycles. The number of non-ortho nitro benzene ring substituents is 1. The average molecular weight is 234 g/mol. The van der Waals surface area contributed by atoms with Crippen molar-refractivity contribution in [1.29, 1.82) is 0 Å². The first kappa shape index (κ1) is 10.5. The van der Waals surface area contributed by atoms with Crippen LogP contribution in [0.25, 0.3) is 0 Å². The lowest BCUT2D eigenvalue weighted by Crippen LogP contribution is -2.45. The van der Waals surface area contributed by atoms with Crippen LogP contribution < -0.4 is 10.1 Å². The van der Waals surface area contributed by atoms with Crippen molar-refractivity contribution in [2.45, 2.75) is 24.9 Å². The van der Waals surface area contributed by atoms with Gasteiger partial charge in [0.2, 0.25) is 0 Å². The second-order valence-electron chi connectivity index (χ2n) is 4.76. The number of hydrogen-bond donors (Lipinski definition) is 1. The van der Waals surface area contributed by atoms with Gasteiger partial charge in [-0.3, -0.25) is 10.1 Å². The van der Waals surface area contributed by atoms with E-state index in [0.717, 1.165) is 37.9 Å². The first-order chi connectivity index (χ1) is 8.19. The van der Waals surface area contributed by atoms with Gasteiger partial charge in [0.25, 0.3) is 5.69 Å². The van der Waals surface area contributed by atoms with Crippen LogP contribution in [0, 0.1) is 10.1 Å². The Kier molecular flexibility index (Phi) is 2.29. The number of piperidine rings is 1. The Morgan fingerprint density at radius 2 is 2.12 bits per heavy atom. The molecule has 1 aromatic rings. The minimum Gasteiger partial charge on any atom is -0.486 e. The first-order valence-electron chi connectivity index (χ1n) is 5.86. The molecule has 2 aliphatic rings. The molecule has 5 nitrogen and oxygen atoms in total. The summed E-state index contributed by atoms with van der Waals surface area (Å²) < 4.78 is 5.98. The quantitative estimate of drug-likeness (QED) is 0.592. The molecule has 0 aliphatic carbocycles. The van der Waals surface area contributed by atoms with E-state index in [0.29, 0.717) is 5.75 Å². The number of ether oxygens (including phenoxy) is 1. The number of nitrogens with zero attached hydrogens (tertiary/aromatic N) is 1. The number of nitro benzene ring substituents is 1. The van der Waals surface area contributed by atoms with Gasteiger partial charge in [-0.25, -0.2) is 0 Å². The topological polar surface area (TPSA) is 64.4 Å². The molecule has 90 valence electrons. The molecule has 0 unspecified atom stereocenters. The molecule has 5 heteroatoms. The van der Waals surface area contributed by atoms with E-state index >= 15 is 0 Å². The Bertz CT molecular complexity index is 467. The highest BCUT2D eigenvalue weighted by atomic mass is 16.6. The maximum Gasteiger partial charge on any atom is 0.273 e. The molecule has 1 spiro atoms. The Morgan fingerprint density at radius 3 is 2.82 bits per heavy atom. The van der Waals surface area contributed by atoms with E-state index in [1.54, 1.807) is 12.1 Å². The number of nitrogens with one attached hydrogen (secondary N) is 1. The van der Waals surface area contributed by atoms with E-state index in [1.807, 2.05) is 6.07 Å². The predicted octanol–water partition coefficient (Wildman–Crippen LogP) is 1.65. The van der Waals surface area contributed by atoms with Crippen molar-refractivity contribution in [2.75, 3.05) is 13.1 Å². The SMILES string of the molecule is O=[N+]([O-])c1ccc2c(c1)OC1(CCNCC1)C2. The van der Waals surface area contributed by atoms with Gasteiger partial charge in [0, 0.05) is 12.5 Å². The molecule has 0 saturated carbocycles. The molecule has 0 radical (unpaired) electrons. The van der Waals surface area contributed by atoms with Gasteiger partial charge in [-0.15, -0.1) is 0 Å². The highest BCUT2D eigenvalue weighted by molar-refractivity contribution is 5.47. The maximum absolute atomic E-state index is 10.7. The third-order valence-corrected chi connectivity index (χ3v) is 3.62. The van der Waals surface area contributed by atoms with E-state index in [1.165, 1.54) is 0 Å². The van der Waals surface area contributed by atoms with E-state index in [9.17, 15) is 10.1 Å². The van der Waals surface area contributed by atoms with Gasteiger partial charge in [0.05, 0.1) is 11.0 Å². The lowest BCUT2D eigenvalue weighted by Gasteiger charge is -2.33. The van der Waals surface area contributed by atoms with Crippen LogP contribution in [0.4, 0.5) is 5.69 Å². The van der Waals surface area contributed by atoms with Gasteiger partial charge >= 0.3 is 0 Å². The Morgan fingerprint density at radius 1 is 1.35 bits per heavy atom. The molecule has 1 saturated heterocycles. The van der Waals surface area contributed by atoms with Crippen molar-refractivity contribution in [2.24, 2.45) is 0 Å². The summed E-state index contributed by atoms with van der Waals surface area (Å²) in [5, 5.41) is 14.0. The van der Waals surface area contributed by atoms with Crippen LogP contribution in [0.2, 0.25) is 0 Å². The molecular weight excluding hydrogens is 220 g/mol. The van der Waals surface area contributed by atoms with Crippen LogP contribution in [0.5, 0.6) is 5.75 Å². The van der Waals surface area contributed by atoms with Crippen LogP contribution in [-0.2, 0) is 6.42 Å². The Hall–Kier alpha value is -1.62. The molecule has 1 fully saturated rings. The highest BCUT2D eigenvalue weighted by Crippen LogP contribution is 2.41. The fourth-order valence-corrected chi connectivity index (χ4v) is 2.68. The largest absolute Gasteiger partial charge is 0.486 e. The van der Waals surface area contributed by atoms with Crippen LogP contribution in [-0.4, -0.2) is 23.6 Å². The van der Waals surface area contributed by atoms with Crippen molar-refractivity contribution in [3.05, 3.63) is 33.9 Å². The maximum atomic E-state index is 10.7. The van der Waals surface area contributed by atoms with Crippen molar-refractivity contribution >= 4 is 5.69 Å². The summed E-state index contributed by atoms with van der Waals surface area (Å²) in [5.41, 5.74) is 1.08. The molecular formula is C12H14N2O3. The summed E-state index contributed by atoms with van der Waals surface area (Å²) in [6, 6.07) is 4.93. The fourth-order valence-electron chi connectivity index (χ4n) is 2.68. The minimum atomic E-state index is -0.378. The standard InChI is InChI=1S/C12H14N2O3/c15-14(16)10-2-1-9-8-12(17-11(9)7-10)3-5-13-6-4-12/h1-2,7,13H,3-6,8H2. The lowest BCUT2D eigenvalue weighted by molar-refractivity contribution is -0.384. The van der Waals surface area contributed by atoms with Gasteiger partial charge in [-0.2, -0.15) is 0 Å². The van der Waals surface area contributed by atoms with Crippen LogP contribution >= 0.6 is 0 Å². The zero-order valence-electron chi connectivity index (χ0n) is 9.44. The van der Waals surface area contributed by atoms with Crippen LogP contribution in [0.15, 0.2) is 18.2 Å². The molecule has 17 heavy (non-hydrogen) atoms. The van der Waals surface area contributed by atoms with Crippen molar-refractivity contribution in [3.8, 4) is 5.75 Å². The zero-order chi connectivity index (χ0) is 11.9. The molecule has 0 atom stereocenters.